The third-order valence-electron chi connectivity index (χ3n) is 3.04. The van der Waals surface area contributed by atoms with Crippen LogP contribution >= 0.6 is 0 Å². The number of carbonyl (C=O) groups is 1. The maximum atomic E-state index is 11.5. The van der Waals surface area contributed by atoms with Crippen molar-refractivity contribution in [1.82, 2.24) is 0 Å². The maximum Gasteiger partial charge on any atom is 0.508 e. The summed E-state index contributed by atoms with van der Waals surface area (Å²) in [6.07, 6.45) is -0.783. The molecule has 0 amide bonds. The fourth-order valence-corrected chi connectivity index (χ4v) is 2.13. The van der Waals surface area contributed by atoms with Gasteiger partial charge in [0, 0.05) is 18.8 Å². The Labute approximate surface area is 125 Å². The lowest BCUT2D eigenvalue weighted by atomic mass is 10.2. The first-order chi connectivity index (χ1) is 9.94. The summed E-state index contributed by atoms with van der Waals surface area (Å²) in [6.45, 7) is 7.79. The fraction of sp³-hybridized carbons (Fsp3) is 0.562. The van der Waals surface area contributed by atoms with Gasteiger partial charge in [-0.1, -0.05) is 18.2 Å². The highest BCUT2D eigenvalue weighted by molar-refractivity contribution is 5.60. The summed E-state index contributed by atoms with van der Waals surface area (Å²) in [4.78, 5) is 13.8. The van der Waals surface area contributed by atoms with Gasteiger partial charge in [-0.2, -0.15) is 0 Å². The average Bonchev–Trinajstić information content (AvgIpc) is 2.45. The minimum absolute atomic E-state index is 0.133. The summed E-state index contributed by atoms with van der Waals surface area (Å²) < 4.78 is 15.9. The Morgan fingerprint density at radius 3 is 2.71 bits per heavy atom. The van der Waals surface area contributed by atoms with Crippen LogP contribution in [0.2, 0.25) is 0 Å². The second-order valence-corrected chi connectivity index (χ2v) is 6.05. The largest absolute Gasteiger partial charge is 0.508 e. The molecule has 0 aromatic heterocycles. The molecule has 1 saturated heterocycles. The van der Waals surface area contributed by atoms with E-state index in [-0.39, 0.29) is 12.7 Å². The van der Waals surface area contributed by atoms with E-state index in [0.29, 0.717) is 13.2 Å². The number of hydrogen-bond donors (Lipinski definition) is 0. The van der Waals surface area contributed by atoms with Crippen LogP contribution in [0.4, 0.5) is 10.5 Å². The van der Waals surface area contributed by atoms with Crippen molar-refractivity contribution in [1.29, 1.82) is 0 Å². The second kappa shape index (κ2) is 6.80. The highest BCUT2D eigenvalue weighted by Crippen LogP contribution is 2.17. The number of carbonyl (C=O) groups excluding carboxylic acids is 1. The van der Waals surface area contributed by atoms with Crippen LogP contribution < -0.4 is 4.90 Å². The lowest BCUT2D eigenvalue weighted by Crippen LogP contribution is -2.45. The van der Waals surface area contributed by atoms with Gasteiger partial charge in [0.05, 0.1) is 6.61 Å². The van der Waals surface area contributed by atoms with Gasteiger partial charge in [-0.25, -0.2) is 4.79 Å². The molecule has 1 aliphatic heterocycles. The number of para-hydroxylation sites is 1. The topological polar surface area (TPSA) is 48.0 Å². The smallest absolute Gasteiger partial charge is 0.431 e. The molecule has 21 heavy (non-hydrogen) atoms. The Kier molecular flexibility index (Phi) is 5.07. The van der Waals surface area contributed by atoms with E-state index in [9.17, 15) is 4.79 Å². The zero-order chi connectivity index (χ0) is 15.3. The third kappa shape index (κ3) is 5.27. The Morgan fingerprint density at radius 2 is 2.05 bits per heavy atom. The molecule has 2 rings (SSSR count). The van der Waals surface area contributed by atoms with E-state index in [1.54, 1.807) is 0 Å². The Balaban J connectivity index is 1.81. The monoisotopic (exact) mass is 293 g/mol. The maximum absolute atomic E-state index is 11.5. The van der Waals surface area contributed by atoms with Gasteiger partial charge >= 0.3 is 6.16 Å². The van der Waals surface area contributed by atoms with Gasteiger partial charge < -0.3 is 19.1 Å². The summed E-state index contributed by atoms with van der Waals surface area (Å²) in [5.74, 6) is 0. The van der Waals surface area contributed by atoms with Gasteiger partial charge in [-0.05, 0) is 32.9 Å². The van der Waals surface area contributed by atoms with E-state index in [1.807, 2.05) is 39.0 Å². The van der Waals surface area contributed by atoms with Crippen molar-refractivity contribution in [3.8, 4) is 0 Å². The van der Waals surface area contributed by atoms with Crippen LogP contribution in [0.5, 0.6) is 0 Å². The Hall–Kier alpha value is -1.75. The SMILES string of the molecule is CC(C)(C)OC(=O)OC[C@H]1CN(c2ccccc2)CCO1. The summed E-state index contributed by atoms with van der Waals surface area (Å²) >= 11 is 0. The number of hydrogen-bond acceptors (Lipinski definition) is 5. The second-order valence-electron chi connectivity index (χ2n) is 6.05. The molecule has 0 bridgehead atoms. The molecule has 0 spiro atoms. The summed E-state index contributed by atoms with van der Waals surface area (Å²) in [6, 6.07) is 10.1. The molecule has 1 atom stereocenters. The van der Waals surface area contributed by atoms with E-state index >= 15 is 0 Å². The van der Waals surface area contributed by atoms with E-state index in [0.717, 1.165) is 12.2 Å². The number of anilines is 1. The lowest BCUT2D eigenvalue weighted by Gasteiger charge is -2.34. The standard InChI is InChI=1S/C16H23NO4/c1-16(2,3)21-15(18)20-12-14-11-17(9-10-19-14)13-7-5-4-6-8-13/h4-8,14H,9-12H2,1-3H3/t14-/m1/s1. The van der Waals surface area contributed by atoms with Crippen molar-refractivity contribution in [2.24, 2.45) is 0 Å². The first-order valence-electron chi connectivity index (χ1n) is 7.21. The van der Waals surface area contributed by atoms with Crippen LogP contribution in [0.1, 0.15) is 20.8 Å². The first kappa shape index (κ1) is 15.6. The van der Waals surface area contributed by atoms with Crippen molar-refractivity contribution < 1.29 is 19.0 Å². The van der Waals surface area contributed by atoms with Crippen LogP contribution in [0.3, 0.4) is 0 Å². The Morgan fingerprint density at radius 1 is 1.33 bits per heavy atom. The van der Waals surface area contributed by atoms with Crippen molar-refractivity contribution >= 4 is 11.8 Å². The highest BCUT2D eigenvalue weighted by atomic mass is 16.7. The predicted molar refractivity (Wildman–Crippen MR) is 80.6 cm³/mol. The fourth-order valence-electron chi connectivity index (χ4n) is 2.13. The molecule has 0 saturated carbocycles. The average molecular weight is 293 g/mol. The molecule has 0 unspecified atom stereocenters. The molecule has 0 aliphatic carbocycles. The first-order valence-corrected chi connectivity index (χ1v) is 7.21. The summed E-state index contributed by atoms with van der Waals surface area (Å²) in [5.41, 5.74) is 0.615. The molecule has 1 heterocycles. The number of nitrogens with zero attached hydrogens (tertiary/aromatic N) is 1. The summed E-state index contributed by atoms with van der Waals surface area (Å²) in [5, 5.41) is 0. The van der Waals surface area contributed by atoms with Crippen LogP contribution in [-0.4, -0.2) is 44.2 Å². The molecule has 1 fully saturated rings. The number of rotatable bonds is 3. The van der Waals surface area contributed by atoms with Gasteiger partial charge in [0.2, 0.25) is 0 Å². The normalized spacial score (nSPS) is 19.2. The molecule has 116 valence electrons. The molecule has 0 N–H and O–H groups in total. The molecule has 0 radical (unpaired) electrons. The zero-order valence-electron chi connectivity index (χ0n) is 12.9. The molecular weight excluding hydrogens is 270 g/mol. The van der Waals surface area contributed by atoms with Gasteiger partial charge in [-0.15, -0.1) is 0 Å². The van der Waals surface area contributed by atoms with Crippen molar-refractivity contribution in [2.45, 2.75) is 32.5 Å². The van der Waals surface area contributed by atoms with Crippen LogP contribution in [0.25, 0.3) is 0 Å². The zero-order valence-corrected chi connectivity index (χ0v) is 12.9. The minimum atomic E-state index is -0.650. The quantitative estimate of drug-likeness (QED) is 0.802. The van der Waals surface area contributed by atoms with Gasteiger partial charge in [0.15, 0.2) is 0 Å². The van der Waals surface area contributed by atoms with E-state index in [1.165, 1.54) is 0 Å². The molecular formula is C16H23NO4. The third-order valence-corrected chi connectivity index (χ3v) is 3.04. The molecule has 5 heteroatoms. The lowest BCUT2D eigenvalue weighted by molar-refractivity contribution is -0.0447. The van der Waals surface area contributed by atoms with Gasteiger partial charge in [-0.3, -0.25) is 0 Å². The van der Waals surface area contributed by atoms with Crippen LogP contribution in [0, 0.1) is 0 Å². The van der Waals surface area contributed by atoms with E-state index in [4.69, 9.17) is 14.2 Å². The van der Waals surface area contributed by atoms with Crippen molar-refractivity contribution in [3.05, 3.63) is 30.3 Å². The van der Waals surface area contributed by atoms with E-state index in [2.05, 4.69) is 17.0 Å². The van der Waals surface area contributed by atoms with Gasteiger partial charge in [0.25, 0.3) is 0 Å². The van der Waals surface area contributed by atoms with E-state index < -0.39 is 11.8 Å². The van der Waals surface area contributed by atoms with Crippen molar-refractivity contribution in [2.75, 3.05) is 31.2 Å². The number of ether oxygens (including phenoxy) is 3. The molecule has 1 aromatic carbocycles. The highest BCUT2D eigenvalue weighted by Gasteiger charge is 2.24. The van der Waals surface area contributed by atoms with Crippen LogP contribution in [0.15, 0.2) is 30.3 Å². The predicted octanol–water partition coefficient (Wildman–Crippen LogP) is 2.84. The Bertz CT molecular complexity index is 455. The molecule has 1 aromatic rings. The number of morpholine rings is 1. The number of benzene rings is 1. The minimum Gasteiger partial charge on any atom is -0.431 e. The molecule has 5 nitrogen and oxygen atoms in total. The molecule has 1 aliphatic rings. The van der Waals surface area contributed by atoms with Crippen LogP contribution in [-0.2, 0) is 14.2 Å². The van der Waals surface area contributed by atoms with Crippen molar-refractivity contribution in [3.63, 3.8) is 0 Å². The summed E-state index contributed by atoms with van der Waals surface area (Å²) in [7, 11) is 0. The van der Waals surface area contributed by atoms with Gasteiger partial charge in [0.1, 0.15) is 18.3 Å².